The summed E-state index contributed by atoms with van der Waals surface area (Å²) >= 11 is 0. The Bertz CT molecular complexity index is 639. The molecule has 0 fully saturated rings. The number of nitrogens with zero attached hydrogens (tertiary/aromatic N) is 4. The molecule has 0 spiro atoms. The minimum Gasteiger partial charge on any atom is -0.469 e. The van der Waals surface area contributed by atoms with E-state index in [0.29, 0.717) is 13.0 Å². The van der Waals surface area contributed by atoms with Gasteiger partial charge in [-0.2, -0.15) is 9.90 Å². The van der Waals surface area contributed by atoms with E-state index in [1.807, 2.05) is 30.3 Å². The van der Waals surface area contributed by atoms with Gasteiger partial charge in [-0.25, -0.2) is 0 Å². The summed E-state index contributed by atoms with van der Waals surface area (Å²) in [6.45, 7) is 0.451. The zero-order chi connectivity index (χ0) is 15.9. The SMILES string of the molecule is COC(=O)CCCN(C)C(=O)c1cnn(-c2ccccc2)n1. The molecule has 2 aromatic rings. The molecule has 0 saturated carbocycles. The third-order valence-corrected chi connectivity index (χ3v) is 3.15. The van der Waals surface area contributed by atoms with Gasteiger partial charge in [0.1, 0.15) is 0 Å². The largest absolute Gasteiger partial charge is 0.469 e. The lowest BCUT2D eigenvalue weighted by Gasteiger charge is -2.14. The molecule has 1 aromatic heterocycles. The first kappa shape index (κ1) is 15.7. The molecule has 0 bridgehead atoms. The fourth-order valence-corrected chi connectivity index (χ4v) is 1.91. The van der Waals surface area contributed by atoms with Gasteiger partial charge in [-0.15, -0.1) is 5.10 Å². The first-order chi connectivity index (χ1) is 10.6. The van der Waals surface area contributed by atoms with E-state index in [9.17, 15) is 9.59 Å². The van der Waals surface area contributed by atoms with Crippen LogP contribution in [0.25, 0.3) is 5.69 Å². The molecule has 0 aliphatic rings. The molecule has 1 aromatic carbocycles. The molecule has 7 nitrogen and oxygen atoms in total. The maximum atomic E-state index is 12.2. The van der Waals surface area contributed by atoms with Crippen LogP contribution in [0, 0.1) is 0 Å². The zero-order valence-electron chi connectivity index (χ0n) is 12.6. The van der Waals surface area contributed by atoms with Crippen molar-refractivity contribution in [2.45, 2.75) is 12.8 Å². The topological polar surface area (TPSA) is 77.3 Å². The lowest BCUT2D eigenvalue weighted by molar-refractivity contribution is -0.140. The fraction of sp³-hybridized carbons (Fsp3) is 0.333. The molecule has 116 valence electrons. The van der Waals surface area contributed by atoms with Crippen LogP contribution in [0.15, 0.2) is 36.5 Å². The summed E-state index contributed by atoms with van der Waals surface area (Å²) in [4.78, 5) is 26.2. The summed E-state index contributed by atoms with van der Waals surface area (Å²) in [5.41, 5.74) is 1.05. The van der Waals surface area contributed by atoms with E-state index >= 15 is 0 Å². The first-order valence-corrected chi connectivity index (χ1v) is 6.92. The molecule has 1 heterocycles. The fourth-order valence-electron chi connectivity index (χ4n) is 1.91. The van der Waals surface area contributed by atoms with E-state index in [0.717, 1.165) is 5.69 Å². The van der Waals surface area contributed by atoms with Crippen molar-refractivity contribution in [3.63, 3.8) is 0 Å². The standard InChI is InChI=1S/C15H18N4O3/c1-18(10-6-9-14(20)22-2)15(21)13-11-16-19(17-13)12-7-4-3-5-8-12/h3-5,7-8,11H,6,9-10H2,1-2H3. The molecule has 0 aliphatic carbocycles. The average molecular weight is 302 g/mol. The van der Waals surface area contributed by atoms with E-state index in [1.165, 1.54) is 23.0 Å². The molecule has 0 atom stereocenters. The van der Waals surface area contributed by atoms with Crippen molar-refractivity contribution >= 4 is 11.9 Å². The quantitative estimate of drug-likeness (QED) is 0.751. The highest BCUT2D eigenvalue weighted by Crippen LogP contribution is 2.06. The van der Waals surface area contributed by atoms with Crippen molar-refractivity contribution in [2.75, 3.05) is 20.7 Å². The number of carbonyl (C=O) groups is 2. The van der Waals surface area contributed by atoms with Gasteiger partial charge in [0, 0.05) is 20.0 Å². The lowest BCUT2D eigenvalue weighted by atomic mass is 10.3. The number of hydrogen-bond donors (Lipinski definition) is 0. The third kappa shape index (κ3) is 3.91. The molecule has 0 aliphatic heterocycles. The first-order valence-electron chi connectivity index (χ1n) is 6.92. The summed E-state index contributed by atoms with van der Waals surface area (Å²) in [6.07, 6.45) is 2.26. The Balaban J connectivity index is 1.95. The van der Waals surface area contributed by atoms with Crippen molar-refractivity contribution in [1.29, 1.82) is 0 Å². The molecule has 2 rings (SSSR count). The van der Waals surface area contributed by atoms with E-state index in [4.69, 9.17) is 0 Å². The Morgan fingerprint density at radius 2 is 2.00 bits per heavy atom. The number of aromatic nitrogens is 3. The Labute approximate surface area is 128 Å². The van der Waals surface area contributed by atoms with Gasteiger partial charge in [0.2, 0.25) is 0 Å². The molecule has 1 amide bonds. The molecular weight excluding hydrogens is 284 g/mol. The summed E-state index contributed by atoms with van der Waals surface area (Å²) < 4.78 is 4.56. The van der Waals surface area contributed by atoms with Gasteiger partial charge in [0.15, 0.2) is 5.69 Å². The van der Waals surface area contributed by atoms with Crippen LogP contribution in [0.1, 0.15) is 23.3 Å². The molecule has 0 radical (unpaired) electrons. The van der Waals surface area contributed by atoms with Crippen molar-refractivity contribution in [3.8, 4) is 5.69 Å². The van der Waals surface area contributed by atoms with Crippen LogP contribution in [-0.2, 0) is 9.53 Å². The average Bonchev–Trinajstić information content (AvgIpc) is 3.04. The van der Waals surface area contributed by atoms with Crippen molar-refractivity contribution < 1.29 is 14.3 Å². The predicted molar refractivity (Wildman–Crippen MR) is 79.6 cm³/mol. The van der Waals surface area contributed by atoms with Gasteiger partial charge < -0.3 is 9.64 Å². The number of hydrogen-bond acceptors (Lipinski definition) is 5. The van der Waals surface area contributed by atoms with Crippen molar-refractivity contribution in [3.05, 3.63) is 42.2 Å². The molecule has 0 N–H and O–H groups in total. The normalized spacial score (nSPS) is 10.3. The van der Waals surface area contributed by atoms with Crippen LogP contribution < -0.4 is 0 Å². The van der Waals surface area contributed by atoms with Crippen LogP contribution in [-0.4, -0.2) is 52.5 Å². The number of amides is 1. The number of para-hydroxylation sites is 1. The second kappa shape index (κ2) is 7.35. The maximum absolute atomic E-state index is 12.2. The predicted octanol–water partition coefficient (Wildman–Crippen LogP) is 1.29. The molecule has 0 unspecified atom stereocenters. The zero-order valence-corrected chi connectivity index (χ0v) is 12.6. The Hall–Kier alpha value is -2.70. The molecule has 7 heteroatoms. The summed E-state index contributed by atoms with van der Waals surface area (Å²) in [5, 5.41) is 8.28. The number of benzene rings is 1. The third-order valence-electron chi connectivity index (χ3n) is 3.15. The van der Waals surface area contributed by atoms with E-state index in [1.54, 1.807) is 7.05 Å². The van der Waals surface area contributed by atoms with Gasteiger partial charge in [0.05, 0.1) is 19.0 Å². The monoisotopic (exact) mass is 302 g/mol. The second-order valence-electron chi connectivity index (χ2n) is 4.76. The Kier molecular flexibility index (Phi) is 5.24. The lowest BCUT2D eigenvalue weighted by Crippen LogP contribution is -2.28. The van der Waals surface area contributed by atoms with Crippen molar-refractivity contribution in [2.24, 2.45) is 0 Å². The van der Waals surface area contributed by atoms with Gasteiger partial charge in [-0.3, -0.25) is 9.59 Å². The minimum absolute atomic E-state index is 0.230. The number of carbonyl (C=O) groups excluding carboxylic acids is 2. The van der Waals surface area contributed by atoms with E-state index in [-0.39, 0.29) is 24.0 Å². The summed E-state index contributed by atoms with van der Waals surface area (Å²) in [5.74, 6) is -0.511. The van der Waals surface area contributed by atoms with Gasteiger partial charge in [-0.05, 0) is 18.6 Å². The highest BCUT2D eigenvalue weighted by molar-refractivity contribution is 5.91. The molecule has 22 heavy (non-hydrogen) atoms. The maximum Gasteiger partial charge on any atom is 0.305 e. The molecular formula is C15H18N4O3. The number of esters is 1. The van der Waals surface area contributed by atoms with Crippen LogP contribution in [0.2, 0.25) is 0 Å². The highest BCUT2D eigenvalue weighted by atomic mass is 16.5. The number of rotatable bonds is 6. The Morgan fingerprint density at radius 3 is 2.68 bits per heavy atom. The number of ether oxygens (including phenoxy) is 1. The van der Waals surface area contributed by atoms with E-state index < -0.39 is 0 Å². The smallest absolute Gasteiger partial charge is 0.305 e. The van der Waals surface area contributed by atoms with E-state index in [2.05, 4.69) is 14.9 Å². The van der Waals surface area contributed by atoms with Gasteiger partial charge in [0.25, 0.3) is 5.91 Å². The highest BCUT2D eigenvalue weighted by Gasteiger charge is 2.16. The minimum atomic E-state index is -0.282. The van der Waals surface area contributed by atoms with Crippen molar-refractivity contribution in [1.82, 2.24) is 19.9 Å². The summed E-state index contributed by atoms with van der Waals surface area (Å²) in [6, 6.07) is 9.36. The van der Waals surface area contributed by atoms with Crippen LogP contribution in [0.3, 0.4) is 0 Å². The van der Waals surface area contributed by atoms with Crippen LogP contribution in [0.4, 0.5) is 0 Å². The number of methoxy groups -OCH3 is 1. The Morgan fingerprint density at radius 1 is 1.27 bits per heavy atom. The van der Waals surface area contributed by atoms with Crippen LogP contribution in [0.5, 0.6) is 0 Å². The summed E-state index contributed by atoms with van der Waals surface area (Å²) in [7, 11) is 3.01. The van der Waals surface area contributed by atoms with Gasteiger partial charge in [-0.1, -0.05) is 18.2 Å². The molecule has 0 saturated heterocycles. The van der Waals surface area contributed by atoms with Crippen LogP contribution >= 0.6 is 0 Å². The second-order valence-corrected chi connectivity index (χ2v) is 4.76. The van der Waals surface area contributed by atoms with Gasteiger partial charge >= 0.3 is 5.97 Å².